The van der Waals surface area contributed by atoms with Gasteiger partial charge < -0.3 is 0 Å². The van der Waals surface area contributed by atoms with Crippen molar-refractivity contribution in [3.8, 4) is 11.8 Å². The molecule has 0 fully saturated rings. The summed E-state index contributed by atoms with van der Waals surface area (Å²) in [5.41, 5.74) is 1.14. The second-order valence-electron chi connectivity index (χ2n) is 4.29. The van der Waals surface area contributed by atoms with Crippen LogP contribution in [0.4, 0.5) is 0 Å². The first kappa shape index (κ1) is 13.1. The minimum absolute atomic E-state index is 1.14. The molecular weight excluding hydrogens is 208 g/mol. The van der Waals surface area contributed by atoms with E-state index in [1.807, 2.05) is 6.92 Å². The van der Waals surface area contributed by atoms with Crippen molar-refractivity contribution >= 4 is 13.3 Å². The third-order valence-electron chi connectivity index (χ3n) is 3.80. The Morgan fingerprint density at radius 1 is 0.938 bits per heavy atom. The van der Waals surface area contributed by atoms with Gasteiger partial charge in [0.1, 0.15) is 0 Å². The highest BCUT2D eigenvalue weighted by atomic mass is 28.3. The molecule has 1 aromatic rings. The van der Waals surface area contributed by atoms with Crippen LogP contribution in [-0.4, -0.2) is 8.07 Å². The van der Waals surface area contributed by atoms with Gasteiger partial charge in [0.15, 0.2) is 0 Å². The van der Waals surface area contributed by atoms with Crippen molar-refractivity contribution in [3.05, 3.63) is 29.8 Å². The van der Waals surface area contributed by atoms with Gasteiger partial charge >= 0.3 is 0 Å². The highest BCUT2D eigenvalue weighted by molar-refractivity contribution is 6.91. The molecular formula is C15H22Si. The van der Waals surface area contributed by atoms with Gasteiger partial charge in [0, 0.05) is 5.56 Å². The predicted molar refractivity (Wildman–Crippen MR) is 75.8 cm³/mol. The molecule has 1 rings (SSSR count). The fourth-order valence-corrected chi connectivity index (χ4v) is 6.01. The Labute approximate surface area is 101 Å². The third-order valence-corrected chi connectivity index (χ3v) is 9.42. The van der Waals surface area contributed by atoms with Crippen LogP contribution in [0.15, 0.2) is 24.3 Å². The van der Waals surface area contributed by atoms with E-state index in [1.54, 1.807) is 5.19 Å². The molecule has 0 unspecified atom stereocenters. The number of hydrogen-bond acceptors (Lipinski definition) is 0. The van der Waals surface area contributed by atoms with Crippen LogP contribution in [0.25, 0.3) is 0 Å². The molecule has 86 valence electrons. The van der Waals surface area contributed by atoms with Gasteiger partial charge in [-0.15, -0.1) is 5.92 Å². The molecule has 0 nitrogen and oxygen atoms in total. The van der Waals surface area contributed by atoms with E-state index in [1.165, 1.54) is 18.1 Å². The second-order valence-corrected chi connectivity index (χ2v) is 9.55. The molecule has 16 heavy (non-hydrogen) atoms. The van der Waals surface area contributed by atoms with Gasteiger partial charge in [0.05, 0.1) is 8.07 Å². The first-order valence-corrected chi connectivity index (χ1v) is 8.87. The van der Waals surface area contributed by atoms with Crippen molar-refractivity contribution in [2.45, 2.75) is 45.8 Å². The van der Waals surface area contributed by atoms with E-state index in [0.717, 1.165) is 5.56 Å². The lowest BCUT2D eigenvalue weighted by molar-refractivity contribution is 1.19. The normalized spacial score (nSPS) is 10.8. The van der Waals surface area contributed by atoms with Crippen molar-refractivity contribution in [2.75, 3.05) is 0 Å². The summed E-state index contributed by atoms with van der Waals surface area (Å²) in [5, 5.41) is 1.60. The van der Waals surface area contributed by atoms with Crippen LogP contribution in [0.1, 0.15) is 33.3 Å². The number of benzene rings is 1. The molecule has 0 aliphatic carbocycles. The smallest absolute Gasteiger partial charge is 0.0859 e. The van der Waals surface area contributed by atoms with Crippen molar-refractivity contribution in [1.82, 2.24) is 0 Å². The van der Waals surface area contributed by atoms with Gasteiger partial charge in [0.2, 0.25) is 0 Å². The fourth-order valence-electron chi connectivity index (χ4n) is 2.41. The van der Waals surface area contributed by atoms with Crippen molar-refractivity contribution in [2.24, 2.45) is 0 Å². The van der Waals surface area contributed by atoms with Gasteiger partial charge in [0.25, 0.3) is 0 Å². The summed E-state index contributed by atoms with van der Waals surface area (Å²) in [4.78, 5) is 0. The number of rotatable bonds is 4. The summed E-state index contributed by atoms with van der Waals surface area (Å²) in [6.45, 7) is 8.92. The molecule has 0 radical (unpaired) electrons. The monoisotopic (exact) mass is 230 g/mol. The fraction of sp³-hybridized carbons (Fsp3) is 0.467. The zero-order chi connectivity index (χ0) is 12.0. The standard InChI is InChI=1S/C15H22Si/c1-5-9-14-10-12-15(13-11-14)16(6-2,7-3)8-4/h10-13H,6-8H2,1-4H3. The van der Waals surface area contributed by atoms with Crippen molar-refractivity contribution < 1.29 is 0 Å². The Bertz CT molecular complexity index is 366. The van der Waals surface area contributed by atoms with Crippen LogP contribution >= 0.6 is 0 Å². The van der Waals surface area contributed by atoms with E-state index in [4.69, 9.17) is 0 Å². The largest absolute Gasteiger partial charge is 0.101 e. The van der Waals surface area contributed by atoms with Crippen molar-refractivity contribution in [1.29, 1.82) is 0 Å². The van der Waals surface area contributed by atoms with Gasteiger partial charge in [-0.2, -0.15) is 0 Å². The van der Waals surface area contributed by atoms with Crippen LogP contribution in [0, 0.1) is 11.8 Å². The van der Waals surface area contributed by atoms with Crippen LogP contribution in [0.2, 0.25) is 18.1 Å². The molecule has 0 aliphatic rings. The van der Waals surface area contributed by atoms with Crippen LogP contribution in [0.3, 0.4) is 0 Å². The quantitative estimate of drug-likeness (QED) is 0.545. The highest BCUT2D eigenvalue weighted by Crippen LogP contribution is 2.20. The molecule has 0 heterocycles. The van der Waals surface area contributed by atoms with Gasteiger partial charge in [-0.1, -0.05) is 62.1 Å². The molecule has 0 bridgehead atoms. The van der Waals surface area contributed by atoms with Crippen molar-refractivity contribution in [3.63, 3.8) is 0 Å². The molecule has 1 aromatic carbocycles. The SMILES string of the molecule is CC#Cc1ccc([Si](CC)(CC)CC)cc1. The van der Waals surface area contributed by atoms with Gasteiger partial charge in [-0.3, -0.25) is 0 Å². The van der Waals surface area contributed by atoms with Crippen LogP contribution in [-0.2, 0) is 0 Å². The topological polar surface area (TPSA) is 0 Å². The van der Waals surface area contributed by atoms with Gasteiger partial charge in [-0.25, -0.2) is 0 Å². The molecule has 0 amide bonds. The Morgan fingerprint density at radius 2 is 1.44 bits per heavy atom. The zero-order valence-corrected chi connectivity index (χ0v) is 11.9. The molecule has 0 N–H and O–H groups in total. The maximum Gasteiger partial charge on any atom is 0.0859 e. The Morgan fingerprint density at radius 3 is 1.81 bits per heavy atom. The zero-order valence-electron chi connectivity index (χ0n) is 10.9. The molecule has 0 atom stereocenters. The van der Waals surface area contributed by atoms with E-state index in [2.05, 4.69) is 56.9 Å². The second kappa shape index (κ2) is 5.91. The summed E-state index contributed by atoms with van der Waals surface area (Å²) < 4.78 is 0. The lowest BCUT2D eigenvalue weighted by atomic mass is 10.2. The Balaban J connectivity index is 3.06. The molecule has 0 spiro atoms. The van der Waals surface area contributed by atoms with Gasteiger partial charge in [-0.05, 0) is 19.1 Å². The molecule has 0 saturated heterocycles. The summed E-state index contributed by atoms with van der Waals surface area (Å²) >= 11 is 0. The molecule has 0 aromatic heterocycles. The highest BCUT2D eigenvalue weighted by Gasteiger charge is 2.28. The van der Waals surface area contributed by atoms with E-state index in [-0.39, 0.29) is 0 Å². The van der Waals surface area contributed by atoms with E-state index in [0.29, 0.717) is 0 Å². The minimum atomic E-state index is -1.19. The lowest BCUT2D eigenvalue weighted by Gasteiger charge is -2.28. The molecule has 1 heteroatoms. The third kappa shape index (κ3) is 2.57. The maximum atomic E-state index is 3.11. The summed E-state index contributed by atoms with van der Waals surface area (Å²) in [6, 6.07) is 13.0. The van der Waals surface area contributed by atoms with Crippen LogP contribution < -0.4 is 5.19 Å². The first-order valence-electron chi connectivity index (χ1n) is 6.25. The van der Waals surface area contributed by atoms with E-state index >= 15 is 0 Å². The average Bonchev–Trinajstić information content (AvgIpc) is 2.34. The summed E-state index contributed by atoms with van der Waals surface area (Å²) in [6.07, 6.45) is 0. The van der Waals surface area contributed by atoms with E-state index < -0.39 is 8.07 Å². The molecule has 0 aliphatic heterocycles. The summed E-state index contributed by atoms with van der Waals surface area (Å²) in [5.74, 6) is 6.05. The average molecular weight is 230 g/mol. The Hall–Kier alpha value is -1.00. The Kier molecular flexibility index (Phi) is 4.83. The predicted octanol–water partition coefficient (Wildman–Crippen LogP) is 3.77. The minimum Gasteiger partial charge on any atom is -0.101 e. The van der Waals surface area contributed by atoms with Crippen LogP contribution in [0.5, 0.6) is 0 Å². The summed E-state index contributed by atoms with van der Waals surface area (Å²) in [7, 11) is -1.19. The lowest BCUT2D eigenvalue weighted by Crippen LogP contribution is -2.45. The first-order chi connectivity index (χ1) is 7.72. The van der Waals surface area contributed by atoms with E-state index in [9.17, 15) is 0 Å². The molecule has 0 saturated carbocycles. The maximum absolute atomic E-state index is 3.11. The number of hydrogen-bond donors (Lipinski definition) is 0.